The van der Waals surface area contributed by atoms with E-state index in [0.29, 0.717) is 17.3 Å². The lowest BCUT2D eigenvalue weighted by Gasteiger charge is -2.28. The highest BCUT2D eigenvalue weighted by Crippen LogP contribution is 2.19. The number of likely N-dealkylation sites (tertiary alicyclic amines) is 1. The summed E-state index contributed by atoms with van der Waals surface area (Å²) in [5.74, 6) is -0.0693. The van der Waals surface area contributed by atoms with Crippen LogP contribution in [0.25, 0.3) is 0 Å². The summed E-state index contributed by atoms with van der Waals surface area (Å²) in [4.78, 5) is 18.1. The molecule has 1 amide bonds. The molecule has 0 saturated carbocycles. The van der Waals surface area contributed by atoms with E-state index < -0.39 is 0 Å². The quantitative estimate of drug-likeness (QED) is 0.836. The summed E-state index contributed by atoms with van der Waals surface area (Å²) < 4.78 is 0. The summed E-state index contributed by atoms with van der Waals surface area (Å²) in [6.07, 6.45) is 5.52. The van der Waals surface area contributed by atoms with Gasteiger partial charge in [0.15, 0.2) is 0 Å². The fraction of sp³-hybridized carbons (Fsp3) is 0.538. The fourth-order valence-electron chi connectivity index (χ4n) is 2.30. The first kappa shape index (κ1) is 13.3. The van der Waals surface area contributed by atoms with E-state index in [1.807, 2.05) is 0 Å². The number of nitrogens with zero attached hydrogens (tertiary/aromatic N) is 2. The third kappa shape index (κ3) is 3.00. The van der Waals surface area contributed by atoms with Gasteiger partial charge in [0.1, 0.15) is 5.15 Å². The monoisotopic (exact) mass is 268 g/mol. The predicted octanol–water partition coefficient (Wildman–Crippen LogP) is 2.11. The Morgan fingerprint density at radius 2 is 2.28 bits per heavy atom. The third-order valence-electron chi connectivity index (χ3n) is 3.32. The molecule has 1 atom stereocenters. The van der Waals surface area contributed by atoms with Gasteiger partial charge in [-0.05, 0) is 25.0 Å². The first-order valence-corrected chi connectivity index (χ1v) is 6.63. The molecule has 1 aromatic rings. The van der Waals surface area contributed by atoms with Crippen LogP contribution < -0.4 is 0 Å². The Bertz CT molecular complexity index is 408. The van der Waals surface area contributed by atoms with Crippen molar-refractivity contribution in [3.8, 4) is 0 Å². The maximum Gasteiger partial charge on any atom is 0.255 e. The lowest BCUT2D eigenvalue weighted by molar-refractivity contribution is 0.0599. The maximum atomic E-state index is 12.4. The van der Waals surface area contributed by atoms with Crippen LogP contribution in [-0.4, -0.2) is 40.1 Å². The fourth-order valence-corrected chi connectivity index (χ4v) is 2.41. The van der Waals surface area contributed by atoms with Gasteiger partial charge in [-0.1, -0.05) is 24.4 Å². The average Bonchev–Trinajstić information content (AvgIpc) is 2.63. The zero-order chi connectivity index (χ0) is 13.0. The lowest BCUT2D eigenvalue weighted by Crippen LogP contribution is -2.42. The molecule has 18 heavy (non-hydrogen) atoms. The molecular weight excluding hydrogens is 252 g/mol. The second-order valence-corrected chi connectivity index (χ2v) is 4.94. The molecule has 2 heterocycles. The molecule has 0 radical (unpaired) electrons. The largest absolute Gasteiger partial charge is 0.394 e. The Morgan fingerprint density at radius 1 is 1.44 bits per heavy atom. The lowest BCUT2D eigenvalue weighted by atomic mass is 10.1. The van der Waals surface area contributed by atoms with Crippen molar-refractivity contribution in [2.24, 2.45) is 0 Å². The number of amides is 1. The molecule has 1 N–H and O–H groups in total. The van der Waals surface area contributed by atoms with Crippen molar-refractivity contribution in [3.05, 3.63) is 29.0 Å². The molecule has 1 aliphatic heterocycles. The number of aromatic nitrogens is 1. The number of hydrogen-bond donors (Lipinski definition) is 1. The minimum atomic E-state index is -0.0734. The highest BCUT2D eigenvalue weighted by atomic mass is 35.5. The molecule has 1 unspecified atom stereocenters. The molecule has 5 heteroatoms. The molecule has 98 valence electrons. The maximum absolute atomic E-state index is 12.4. The molecule has 1 aliphatic rings. The zero-order valence-electron chi connectivity index (χ0n) is 10.2. The van der Waals surface area contributed by atoms with Crippen LogP contribution in [0.5, 0.6) is 0 Å². The minimum absolute atomic E-state index is 0.0206. The van der Waals surface area contributed by atoms with Crippen LogP contribution in [0.3, 0.4) is 0 Å². The van der Waals surface area contributed by atoms with Crippen molar-refractivity contribution < 1.29 is 9.90 Å². The van der Waals surface area contributed by atoms with Gasteiger partial charge in [-0.25, -0.2) is 4.98 Å². The summed E-state index contributed by atoms with van der Waals surface area (Å²) >= 11 is 5.71. The van der Waals surface area contributed by atoms with Crippen LogP contribution in [0.15, 0.2) is 18.3 Å². The molecule has 2 rings (SSSR count). The standard InChI is InChI=1S/C13H17ClN2O2/c14-12-6-5-10(8-15-12)13(18)16-7-3-1-2-4-11(16)9-17/h5-6,8,11,17H,1-4,7,9H2. The number of carbonyl (C=O) groups is 1. The van der Waals surface area contributed by atoms with E-state index >= 15 is 0 Å². The van der Waals surface area contributed by atoms with Crippen LogP contribution in [0.2, 0.25) is 5.15 Å². The van der Waals surface area contributed by atoms with Gasteiger partial charge in [0.05, 0.1) is 18.2 Å². The summed E-state index contributed by atoms with van der Waals surface area (Å²) in [5.41, 5.74) is 0.528. The normalized spacial score (nSPS) is 20.6. The van der Waals surface area contributed by atoms with Gasteiger partial charge in [0.25, 0.3) is 5.91 Å². The molecule has 0 bridgehead atoms. The first-order valence-electron chi connectivity index (χ1n) is 6.26. The number of rotatable bonds is 2. The van der Waals surface area contributed by atoms with Crippen molar-refractivity contribution in [3.63, 3.8) is 0 Å². The van der Waals surface area contributed by atoms with Crippen molar-refractivity contribution in [1.29, 1.82) is 0 Å². The SMILES string of the molecule is O=C(c1ccc(Cl)nc1)N1CCCCCC1CO. The molecule has 0 spiro atoms. The summed E-state index contributed by atoms with van der Waals surface area (Å²) in [7, 11) is 0. The van der Waals surface area contributed by atoms with Crippen LogP contribution in [0.1, 0.15) is 36.0 Å². The van der Waals surface area contributed by atoms with Crippen molar-refractivity contribution in [2.45, 2.75) is 31.7 Å². The van der Waals surface area contributed by atoms with E-state index in [4.69, 9.17) is 11.6 Å². The second-order valence-electron chi connectivity index (χ2n) is 4.55. The molecule has 1 fully saturated rings. The van der Waals surface area contributed by atoms with Crippen molar-refractivity contribution in [2.75, 3.05) is 13.2 Å². The Morgan fingerprint density at radius 3 is 2.94 bits per heavy atom. The summed E-state index contributed by atoms with van der Waals surface area (Å²) in [6, 6.07) is 3.22. The van der Waals surface area contributed by atoms with Gasteiger partial charge in [0.2, 0.25) is 0 Å². The first-order chi connectivity index (χ1) is 8.72. The Labute approximate surface area is 112 Å². The topological polar surface area (TPSA) is 53.4 Å². The molecule has 1 aromatic heterocycles. The van der Waals surface area contributed by atoms with Crippen LogP contribution in [0, 0.1) is 0 Å². The highest BCUT2D eigenvalue weighted by Gasteiger charge is 2.25. The molecule has 0 aliphatic carbocycles. The average molecular weight is 269 g/mol. The number of hydrogen-bond acceptors (Lipinski definition) is 3. The van der Waals surface area contributed by atoms with E-state index in [1.165, 1.54) is 6.20 Å². The van der Waals surface area contributed by atoms with Gasteiger partial charge in [-0.15, -0.1) is 0 Å². The van der Waals surface area contributed by atoms with Gasteiger partial charge < -0.3 is 10.0 Å². The van der Waals surface area contributed by atoms with Crippen molar-refractivity contribution >= 4 is 17.5 Å². The minimum Gasteiger partial charge on any atom is -0.394 e. The van der Waals surface area contributed by atoms with Gasteiger partial charge >= 0.3 is 0 Å². The number of aliphatic hydroxyl groups is 1. The molecule has 0 aromatic carbocycles. The summed E-state index contributed by atoms with van der Waals surface area (Å²) in [6.45, 7) is 0.722. The summed E-state index contributed by atoms with van der Waals surface area (Å²) in [5, 5.41) is 9.77. The Balaban J connectivity index is 2.17. The van der Waals surface area contributed by atoms with E-state index in [1.54, 1.807) is 17.0 Å². The smallest absolute Gasteiger partial charge is 0.255 e. The number of pyridine rings is 1. The number of halogens is 1. The van der Waals surface area contributed by atoms with E-state index in [9.17, 15) is 9.90 Å². The third-order valence-corrected chi connectivity index (χ3v) is 3.55. The number of aliphatic hydroxyl groups excluding tert-OH is 1. The zero-order valence-corrected chi connectivity index (χ0v) is 10.9. The van der Waals surface area contributed by atoms with Gasteiger partial charge in [-0.2, -0.15) is 0 Å². The van der Waals surface area contributed by atoms with Gasteiger partial charge in [0, 0.05) is 12.7 Å². The van der Waals surface area contributed by atoms with Crippen LogP contribution >= 0.6 is 11.6 Å². The van der Waals surface area contributed by atoms with Gasteiger partial charge in [-0.3, -0.25) is 4.79 Å². The molecule has 1 saturated heterocycles. The predicted molar refractivity (Wildman–Crippen MR) is 69.6 cm³/mol. The second kappa shape index (κ2) is 6.16. The highest BCUT2D eigenvalue weighted by molar-refractivity contribution is 6.29. The van der Waals surface area contributed by atoms with Crippen molar-refractivity contribution in [1.82, 2.24) is 9.88 Å². The van der Waals surface area contributed by atoms with Crippen LogP contribution in [0.4, 0.5) is 0 Å². The van der Waals surface area contributed by atoms with E-state index in [2.05, 4.69) is 4.98 Å². The molecular formula is C13H17ClN2O2. The Kier molecular flexibility index (Phi) is 4.55. The molecule has 4 nitrogen and oxygen atoms in total. The van der Waals surface area contributed by atoms with E-state index in [-0.39, 0.29) is 18.6 Å². The van der Waals surface area contributed by atoms with Crippen LogP contribution in [-0.2, 0) is 0 Å². The number of carbonyl (C=O) groups excluding carboxylic acids is 1. The van der Waals surface area contributed by atoms with E-state index in [0.717, 1.165) is 25.7 Å². The Hall–Kier alpha value is -1.13.